The van der Waals surface area contributed by atoms with Crippen LogP contribution in [-0.2, 0) is 0 Å². The van der Waals surface area contributed by atoms with Gasteiger partial charge in [0.15, 0.2) is 0 Å². The van der Waals surface area contributed by atoms with E-state index in [0.29, 0.717) is 11.8 Å². The Hall–Kier alpha value is -0.200. The van der Waals surface area contributed by atoms with Gasteiger partial charge >= 0.3 is 0 Å². The largest absolute Gasteiger partial charge is 0.119 e. The van der Waals surface area contributed by atoms with Gasteiger partial charge in [-0.05, 0) is 74.3 Å². The van der Waals surface area contributed by atoms with Crippen molar-refractivity contribution in [1.82, 2.24) is 0 Å². The van der Waals surface area contributed by atoms with E-state index in [2.05, 4.69) is 24.3 Å². The maximum absolute atomic E-state index is 6.92. The first-order valence-corrected chi connectivity index (χ1v) is 9.79. The van der Waals surface area contributed by atoms with E-state index in [9.17, 15) is 0 Å². The maximum atomic E-state index is 6.92. The molecule has 0 saturated heterocycles. The van der Waals surface area contributed by atoms with Gasteiger partial charge in [-0.2, -0.15) is 0 Å². The average Bonchev–Trinajstić information content (AvgIpc) is 3.23. The third kappa shape index (κ3) is 1.96. The van der Waals surface area contributed by atoms with E-state index >= 15 is 0 Å². The lowest BCUT2D eigenvalue weighted by molar-refractivity contribution is 0.436. The Kier molecular flexibility index (Phi) is 3.01. The Labute approximate surface area is 143 Å². The minimum atomic E-state index is 0.0618. The van der Waals surface area contributed by atoms with Crippen molar-refractivity contribution in [3.63, 3.8) is 0 Å². The van der Waals surface area contributed by atoms with Crippen LogP contribution >= 0.6 is 23.2 Å². The van der Waals surface area contributed by atoms with Crippen LogP contribution in [0.3, 0.4) is 0 Å². The standard InChI is InChI=1S/C20H24Cl2/c21-19-7-5-13(11-19)9-17(19)15-1-2-16(4-3-15)18-10-14-6-8-20(18,22)12-14/h1-4,13-14,17-18H,5-12H2. The highest BCUT2D eigenvalue weighted by molar-refractivity contribution is 6.25. The smallest absolute Gasteiger partial charge is 0.0518 e. The molecule has 1 aromatic rings. The first kappa shape index (κ1) is 14.2. The van der Waals surface area contributed by atoms with Crippen molar-refractivity contribution in [3.05, 3.63) is 35.4 Å². The summed E-state index contributed by atoms with van der Waals surface area (Å²) in [6.45, 7) is 0. The molecule has 0 amide bonds. The summed E-state index contributed by atoms with van der Waals surface area (Å²) < 4.78 is 0. The van der Waals surface area contributed by atoms with Crippen LogP contribution in [0, 0.1) is 11.8 Å². The van der Waals surface area contributed by atoms with Crippen LogP contribution in [0.25, 0.3) is 0 Å². The van der Waals surface area contributed by atoms with Gasteiger partial charge in [-0.15, -0.1) is 23.2 Å². The molecule has 0 N–H and O–H groups in total. The third-order valence-corrected chi connectivity index (χ3v) is 8.53. The Morgan fingerprint density at radius 3 is 1.41 bits per heavy atom. The van der Waals surface area contributed by atoms with Crippen LogP contribution in [0.1, 0.15) is 74.3 Å². The van der Waals surface area contributed by atoms with E-state index < -0.39 is 0 Å². The van der Waals surface area contributed by atoms with Crippen molar-refractivity contribution in [2.45, 2.75) is 73.0 Å². The van der Waals surface area contributed by atoms with Crippen molar-refractivity contribution in [2.75, 3.05) is 0 Å². The number of benzene rings is 1. The zero-order chi connectivity index (χ0) is 14.9. The lowest BCUT2D eigenvalue weighted by Gasteiger charge is -2.31. The molecule has 6 atom stereocenters. The van der Waals surface area contributed by atoms with Gasteiger partial charge in [-0.3, -0.25) is 0 Å². The number of hydrogen-bond donors (Lipinski definition) is 0. The Morgan fingerprint density at radius 1 is 0.727 bits per heavy atom. The molecule has 4 saturated carbocycles. The molecule has 0 heterocycles. The molecular weight excluding hydrogens is 311 g/mol. The lowest BCUT2D eigenvalue weighted by atomic mass is 9.80. The predicted octanol–water partition coefficient (Wildman–Crippen LogP) is 6.22. The topological polar surface area (TPSA) is 0 Å². The Bertz CT molecular complexity index is 541. The summed E-state index contributed by atoms with van der Waals surface area (Å²) in [6.07, 6.45) is 10.2. The average molecular weight is 335 g/mol. The quantitative estimate of drug-likeness (QED) is 0.563. The number of fused-ring (bicyclic) bond motifs is 4. The fourth-order valence-corrected chi connectivity index (χ4v) is 7.30. The van der Waals surface area contributed by atoms with Gasteiger partial charge in [-0.1, -0.05) is 24.3 Å². The van der Waals surface area contributed by atoms with Gasteiger partial charge in [0, 0.05) is 11.8 Å². The zero-order valence-corrected chi connectivity index (χ0v) is 14.5. The highest BCUT2D eigenvalue weighted by Gasteiger charge is 2.52. The molecule has 2 heteroatoms. The monoisotopic (exact) mass is 334 g/mol. The van der Waals surface area contributed by atoms with Crippen LogP contribution in [0.15, 0.2) is 24.3 Å². The van der Waals surface area contributed by atoms with E-state index in [1.165, 1.54) is 62.5 Å². The van der Waals surface area contributed by atoms with E-state index in [0.717, 1.165) is 11.8 Å². The first-order chi connectivity index (χ1) is 10.6. The van der Waals surface area contributed by atoms with Gasteiger partial charge < -0.3 is 0 Å². The summed E-state index contributed by atoms with van der Waals surface area (Å²) >= 11 is 13.8. The Balaban J connectivity index is 1.40. The van der Waals surface area contributed by atoms with Crippen LogP contribution in [-0.4, -0.2) is 9.75 Å². The van der Waals surface area contributed by atoms with Gasteiger partial charge in [-0.25, -0.2) is 0 Å². The van der Waals surface area contributed by atoms with Crippen molar-refractivity contribution in [1.29, 1.82) is 0 Å². The van der Waals surface area contributed by atoms with Gasteiger partial charge in [0.25, 0.3) is 0 Å². The van der Waals surface area contributed by atoms with Crippen LogP contribution < -0.4 is 0 Å². The summed E-state index contributed by atoms with van der Waals surface area (Å²) in [5, 5.41) is 0. The van der Waals surface area contributed by atoms with Crippen molar-refractivity contribution < 1.29 is 0 Å². The molecule has 5 rings (SSSR count). The van der Waals surface area contributed by atoms with E-state index in [1.807, 2.05) is 0 Å². The molecule has 0 spiro atoms. The summed E-state index contributed by atoms with van der Waals surface area (Å²) in [7, 11) is 0. The fraction of sp³-hybridized carbons (Fsp3) is 0.700. The summed E-state index contributed by atoms with van der Waals surface area (Å²) in [5.74, 6) is 2.90. The number of rotatable bonds is 2. The summed E-state index contributed by atoms with van der Waals surface area (Å²) in [5.41, 5.74) is 2.93. The second kappa shape index (κ2) is 4.67. The minimum absolute atomic E-state index is 0.0618. The molecule has 118 valence electrons. The number of alkyl halides is 2. The lowest BCUT2D eigenvalue weighted by Crippen LogP contribution is -2.25. The Morgan fingerprint density at radius 2 is 1.14 bits per heavy atom. The van der Waals surface area contributed by atoms with Crippen molar-refractivity contribution in [2.24, 2.45) is 11.8 Å². The van der Waals surface area contributed by atoms with Crippen molar-refractivity contribution in [3.8, 4) is 0 Å². The zero-order valence-electron chi connectivity index (χ0n) is 13.0. The molecule has 4 aliphatic rings. The van der Waals surface area contributed by atoms with Gasteiger partial charge in [0.2, 0.25) is 0 Å². The molecule has 0 aliphatic heterocycles. The molecule has 22 heavy (non-hydrogen) atoms. The van der Waals surface area contributed by atoms with Gasteiger partial charge in [0.1, 0.15) is 0 Å². The van der Waals surface area contributed by atoms with Crippen LogP contribution in [0.5, 0.6) is 0 Å². The second-order valence-corrected chi connectivity index (χ2v) is 10.0. The van der Waals surface area contributed by atoms with E-state index in [1.54, 1.807) is 0 Å². The van der Waals surface area contributed by atoms with E-state index in [4.69, 9.17) is 23.2 Å². The van der Waals surface area contributed by atoms with Crippen LogP contribution in [0.4, 0.5) is 0 Å². The fourth-order valence-electron chi connectivity index (χ4n) is 6.21. The molecule has 4 aliphatic carbocycles. The summed E-state index contributed by atoms with van der Waals surface area (Å²) in [6, 6.07) is 9.43. The van der Waals surface area contributed by atoms with Gasteiger partial charge in [0.05, 0.1) is 9.75 Å². The molecule has 1 aromatic carbocycles. The number of hydrogen-bond acceptors (Lipinski definition) is 0. The summed E-state index contributed by atoms with van der Waals surface area (Å²) in [4.78, 5) is 0.124. The van der Waals surface area contributed by atoms with Crippen LogP contribution in [0.2, 0.25) is 0 Å². The SMILES string of the molecule is ClC12CCC(CC1c1ccc(C3CC4CCC3(Cl)C4)cc1)C2. The van der Waals surface area contributed by atoms with E-state index in [-0.39, 0.29) is 9.75 Å². The molecule has 0 nitrogen and oxygen atoms in total. The maximum Gasteiger partial charge on any atom is 0.0518 e. The molecule has 6 unspecified atom stereocenters. The second-order valence-electron chi connectivity index (χ2n) is 8.53. The highest BCUT2D eigenvalue weighted by atomic mass is 35.5. The normalized spacial score (nSPS) is 49.2. The highest BCUT2D eigenvalue weighted by Crippen LogP contribution is 2.61. The molecule has 0 aromatic heterocycles. The molecule has 0 radical (unpaired) electrons. The number of halogens is 2. The predicted molar refractivity (Wildman–Crippen MR) is 93.0 cm³/mol. The molecular formula is C20H24Cl2. The first-order valence-electron chi connectivity index (χ1n) is 9.03. The van der Waals surface area contributed by atoms with Crippen molar-refractivity contribution >= 4 is 23.2 Å². The third-order valence-electron chi connectivity index (χ3n) is 7.32. The molecule has 4 bridgehead atoms. The minimum Gasteiger partial charge on any atom is -0.119 e. The molecule has 4 fully saturated rings.